The van der Waals surface area contributed by atoms with Crippen LogP contribution in [0, 0.1) is 19.3 Å². The maximum atomic E-state index is 13.5. The lowest BCUT2D eigenvalue weighted by molar-refractivity contribution is 0.0647. The Morgan fingerprint density at radius 3 is 2.41 bits per heavy atom. The van der Waals surface area contributed by atoms with Crippen molar-refractivity contribution in [1.29, 1.82) is 0 Å². The largest absolute Gasteiger partial charge is 0.473 e. The molecule has 2 heterocycles. The highest BCUT2D eigenvalue weighted by Gasteiger charge is 2.26. The first-order valence-corrected chi connectivity index (χ1v) is 13.9. The molecule has 2 aromatic carbocycles. The van der Waals surface area contributed by atoms with Crippen molar-refractivity contribution in [2.75, 3.05) is 17.8 Å². The van der Waals surface area contributed by atoms with Gasteiger partial charge in [0.2, 0.25) is 11.8 Å². The van der Waals surface area contributed by atoms with E-state index in [0.717, 1.165) is 23.1 Å². The van der Waals surface area contributed by atoms with Gasteiger partial charge < -0.3 is 9.64 Å². The number of hydrogen-bond acceptors (Lipinski definition) is 6. The van der Waals surface area contributed by atoms with Crippen molar-refractivity contribution in [1.82, 2.24) is 14.9 Å². The Morgan fingerprint density at radius 1 is 1.05 bits per heavy atom. The number of sulfonamides is 1. The second kappa shape index (κ2) is 10.1. The average Bonchev–Trinajstić information content (AvgIpc) is 2.80. The monoisotopic (exact) mass is 522 g/mol. The lowest BCUT2D eigenvalue weighted by Crippen LogP contribution is -2.40. The minimum absolute atomic E-state index is 0.0164. The number of nitrogens with one attached hydrogen (secondary N) is 1. The zero-order valence-electron chi connectivity index (χ0n) is 22.2. The summed E-state index contributed by atoms with van der Waals surface area (Å²) in [6.45, 7) is 13.0. The minimum atomic E-state index is -4.07. The molecule has 196 valence electrons. The first-order valence-electron chi connectivity index (χ1n) is 12.4. The molecule has 0 fully saturated rings. The van der Waals surface area contributed by atoms with Crippen LogP contribution in [-0.2, 0) is 10.0 Å². The number of fused-ring (bicyclic) bond motifs is 4. The van der Waals surface area contributed by atoms with E-state index in [1.165, 1.54) is 12.1 Å². The van der Waals surface area contributed by atoms with Crippen LogP contribution in [0.5, 0.6) is 5.88 Å². The van der Waals surface area contributed by atoms with E-state index >= 15 is 0 Å². The molecule has 4 rings (SSSR count). The number of aryl methyl sites for hydroxylation is 2. The second-order valence-electron chi connectivity index (χ2n) is 10.8. The maximum Gasteiger partial charge on any atom is 0.264 e. The van der Waals surface area contributed by atoms with Gasteiger partial charge in [0.1, 0.15) is 6.10 Å². The number of rotatable bonds is 3. The van der Waals surface area contributed by atoms with Crippen molar-refractivity contribution in [2.24, 2.45) is 5.41 Å². The van der Waals surface area contributed by atoms with E-state index in [4.69, 9.17) is 4.74 Å². The van der Waals surface area contributed by atoms with Crippen molar-refractivity contribution in [3.8, 4) is 17.1 Å². The third-order valence-corrected chi connectivity index (χ3v) is 7.60. The zero-order valence-corrected chi connectivity index (χ0v) is 23.0. The van der Waals surface area contributed by atoms with Gasteiger partial charge in [0.25, 0.3) is 15.9 Å². The Morgan fingerprint density at radius 2 is 1.73 bits per heavy atom. The maximum absolute atomic E-state index is 13.5. The number of benzene rings is 2. The van der Waals surface area contributed by atoms with Gasteiger partial charge in [-0.3, -0.25) is 4.79 Å². The third kappa shape index (κ3) is 6.28. The molecule has 3 aromatic rings. The van der Waals surface area contributed by atoms with Gasteiger partial charge in [-0.15, -0.1) is 0 Å². The molecule has 0 saturated heterocycles. The first kappa shape index (κ1) is 26.6. The van der Waals surface area contributed by atoms with Crippen LogP contribution >= 0.6 is 0 Å². The van der Waals surface area contributed by atoms with Gasteiger partial charge in [0.15, 0.2) is 0 Å². The number of carbonyl (C=O) groups excluding carboxylic acids is 1. The first-order chi connectivity index (χ1) is 17.3. The summed E-state index contributed by atoms with van der Waals surface area (Å²) in [4.78, 5) is 24.1. The molecule has 1 aromatic heterocycles. The number of aromatic nitrogens is 2. The molecule has 1 aliphatic rings. The quantitative estimate of drug-likeness (QED) is 0.506. The number of nitrogens with zero attached hydrogens (tertiary/aromatic N) is 3. The molecule has 1 aliphatic heterocycles. The Kier molecular flexibility index (Phi) is 7.28. The molecule has 1 amide bonds. The topological polar surface area (TPSA) is 101 Å². The number of ether oxygens (including phenoxy) is 1. The van der Waals surface area contributed by atoms with Gasteiger partial charge in [-0.05, 0) is 61.9 Å². The number of carbonyl (C=O) groups is 1. The van der Waals surface area contributed by atoms with Crippen LogP contribution in [0.25, 0.3) is 11.3 Å². The third-order valence-electron chi connectivity index (χ3n) is 6.28. The molecule has 37 heavy (non-hydrogen) atoms. The second-order valence-corrected chi connectivity index (χ2v) is 12.5. The summed E-state index contributed by atoms with van der Waals surface area (Å²) >= 11 is 0. The van der Waals surface area contributed by atoms with Crippen molar-refractivity contribution in [2.45, 2.75) is 59.0 Å². The van der Waals surface area contributed by atoms with Crippen LogP contribution in [0.15, 0.2) is 53.4 Å². The molecular formula is C28H34N4O4S. The molecule has 1 atom stereocenters. The lowest BCUT2D eigenvalue weighted by Gasteiger charge is -2.29. The Balaban J connectivity index is 1.84. The fraction of sp³-hybridized carbons (Fsp3) is 0.393. The van der Waals surface area contributed by atoms with Crippen LogP contribution in [0.4, 0.5) is 5.95 Å². The van der Waals surface area contributed by atoms with Gasteiger partial charge in [-0.2, -0.15) is 4.98 Å². The lowest BCUT2D eigenvalue weighted by atomic mass is 9.92. The number of amides is 1. The van der Waals surface area contributed by atoms with Crippen LogP contribution < -0.4 is 9.46 Å². The molecule has 0 spiro atoms. The summed E-state index contributed by atoms with van der Waals surface area (Å²) in [6, 6.07) is 13.7. The average molecular weight is 523 g/mol. The van der Waals surface area contributed by atoms with E-state index < -0.39 is 16.1 Å². The minimum Gasteiger partial charge on any atom is -0.473 e. The molecule has 0 radical (unpaired) electrons. The zero-order chi connectivity index (χ0) is 27.0. The summed E-state index contributed by atoms with van der Waals surface area (Å²) in [5.74, 6) is -0.111. The Bertz CT molecular complexity index is 1410. The number of hydrogen-bond donors (Lipinski definition) is 1. The highest BCUT2D eigenvalue weighted by atomic mass is 32.2. The predicted octanol–water partition coefficient (Wildman–Crippen LogP) is 5.22. The smallest absolute Gasteiger partial charge is 0.264 e. The fourth-order valence-corrected chi connectivity index (χ4v) is 5.32. The van der Waals surface area contributed by atoms with E-state index in [-0.39, 0.29) is 28.0 Å². The SMILES string of the molecule is Cc1cccc(C)c1-c1cc2nc(n1)NS(=O)(=O)c1cccc(c1)C(=O)N(CCC(C)(C)C)CC(C)O2. The van der Waals surface area contributed by atoms with E-state index in [1.807, 2.05) is 39.0 Å². The summed E-state index contributed by atoms with van der Waals surface area (Å²) in [5.41, 5.74) is 3.74. The highest BCUT2D eigenvalue weighted by Crippen LogP contribution is 2.30. The van der Waals surface area contributed by atoms with Gasteiger partial charge in [-0.1, -0.05) is 45.0 Å². The molecule has 0 aliphatic carbocycles. The van der Waals surface area contributed by atoms with Gasteiger partial charge in [0.05, 0.1) is 17.1 Å². The van der Waals surface area contributed by atoms with E-state index in [1.54, 1.807) is 23.1 Å². The number of anilines is 1. The molecule has 9 heteroatoms. The standard InChI is InChI=1S/C28H34N4O4S/c1-18-9-7-10-19(2)25(18)23-16-24-30-27(29-23)31-37(34,35)22-12-8-11-21(15-22)26(33)32(17-20(3)36-24)14-13-28(4,5)6/h7-12,15-16,20H,13-14,17H2,1-6H3,(H,29,30,31). The molecule has 0 saturated carbocycles. The molecular weight excluding hydrogens is 488 g/mol. The molecule has 1 unspecified atom stereocenters. The van der Waals surface area contributed by atoms with E-state index in [2.05, 4.69) is 35.5 Å². The molecule has 8 nitrogen and oxygen atoms in total. The summed E-state index contributed by atoms with van der Waals surface area (Å²) in [6.07, 6.45) is 0.373. The van der Waals surface area contributed by atoms with Crippen molar-refractivity contribution in [3.63, 3.8) is 0 Å². The van der Waals surface area contributed by atoms with Crippen molar-refractivity contribution >= 4 is 21.9 Å². The van der Waals surface area contributed by atoms with E-state index in [0.29, 0.717) is 24.3 Å². The van der Waals surface area contributed by atoms with Crippen molar-refractivity contribution < 1.29 is 17.9 Å². The Hall–Kier alpha value is -3.46. The summed E-state index contributed by atoms with van der Waals surface area (Å²) in [7, 11) is -4.07. The normalized spacial score (nSPS) is 17.6. The molecule has 1 N–H and O–H groups in total. The van der Waals surface area contributed by atoms with Crippen LogP contribution in [-0.4, -0.2) is 48.4 Å². The van der Waals surface area contributed by atoms with Crippen molar-refractivity contribution in [3.05, 3.63) is 65.2 Å². The fourth-order valence-electron chi connectivity index (χ4n) is 4.34. The van der Waals surface area contributed by atoms with E-state index in [9.17, 15) is 13.2 Å². The summed E-state index contributed by atoms with van der Waals surface area (Å²) < 4.78 is 35.3. The molecule has 4 bridgehead atoms. The highest BCUT2D eigenvalue weighted by molar-refractivity contribution is 7.92. The van der Waals surface area contributed by atoms with Gasteiger partial charge in [-0.25, -0.2) is 18.1 Å². The van der Waals surface area contributed by atoms with Gasteiger partial charge in [0, 0.05) is 23.7 Å². The van der Waals surface area contributed by atoms with Crippen LogP contribution in [0.2, 0.25) is 0 Å². The Labute approximate surface area is 219 Å². The van der Waals surface area contributed by atoms with Gasteiger partial charge >= 0.3 is 0 Å². The predicted molar refractivity (Wildman–Crippen MR) is 144 cm³/mol. The van der Waals surface area contributed by atoms with Crippen LogP contribution in [0.3, 0.4) is 0 Å². The summed E-state index contributed by atoms with van der Waals surface area (Å²) in [5, 5.41) is 0. The van der Waals surface area contributed by atoms with Crippen LogP contribution in [0.1, 0.15) is 55.6 Å².